The number of carbonyl (C=O) groups excluding carboxylic acids is 1. The number of carbonyl (C=O) groups is 1. The van der Waals surface area contributed by atoms with Gasteiger partial charge >= 0.3 is 0 Å². The number of fused-ring (bicyclic) bond motifs is 1. The number of Topliss-reactive ketones (excluding diaryl/α,β-unsaturated/α-hetero) is 1. The van der Waals surface area contributed by atoms with E-state index in [1.807, 2.05) is 33.8 Å². The Morgan fingerprint density at radius 3 is 2.27 bits per heavy atom. The molecule has 0 aromatic carbocycles. The molecule has 6 aliphatic heterocycles. The summed E-state index contributed by atoms with van der Waals surface area (Å²) < 4.78 is 33.3. The SMILES string of the molecule is CC[C@H](C)[C@H]1CC[C@H](C)[C@H]([C@@H](C)[C@H](O)[C@H](C)C(=O)[C@H](CC)[C@@]2(O)O[C@]3(C=C[C@H]4C[C@@]5([C@H]6CC[C@](O)(CC)[C@H](O)O6)CC[C@]4(O5)O3)[C@H](C)C[C@@H]2C)O1. The van der Waals surface area contributed by atoms with E-state index in [1.54, 1.807) is 6.92 Å². The van der Waals surface area contributed by atoms with E-state index in [2.05, 4.69) is 33.8 Å². The minimum atomic E-state index is -1.84. The number of ketones is 1. The molecule has 292 valence electrons. The maximum Gasteiger partial charge on any atom is 0.196 e. The highest BCUT2D eigenvalue weighted by Crippen LogP contribution is 2.63. The first-order chi connectivity index (χ1) is 23.9. The standard InChI is InChI=1S/C41H68O10/c1-10-23(4)31-14-13-24(5)35(47-31)28(9)33(42)27(8)34(43)30(11-2)41(46)26(7)21-25(6)39(51-41)18-15-29-22-38(19-20-40(29,49-38)50-39)32-16-17-37(45,12-3)36(44)48-32/h15,18,23-33,35-36,42,44-46H,10-14,16-17,19-22H2,1-9H3/t23-,24-,25+,26-,27-,28-,29-,30-,31+,32+,33+,35+,36+,37+,38+,39+,40-,41-/m0/s1. The van der Waals surface area contributed by atoms with E-state index < -0.39 is 52.8 Å². The molecule has 10 nitrogen and oxygen atoms in total. The summed E-state index contributed by atoms with van der Waals surface area (Å²) in [6.07, 6.45) is 8.67. The van der Waals surface area contributed by atoms with Gasteiger partial charge in [0.1, 0.15) is 11.4 Å². The summed E-state index contributed by atoms with van der Waals surface area (Å²) in [6, 6.07) is 0. The molecule has 6 rings (SSSR count). The third kappa shape index (κ3) is 6.52. The first-order valence-electron chi connectivity index (χ1n) is 20.4. The van der Waals surface area contributed by atoms with Crippen molar-refractivity contribution >= 4 is 5.78 Å². The molecule has 6 heterocycles. The molecular formula is C41H68O10. The summed E-state index contributed by atoms with van der Waals surface area (Å²) in [6.45, 7) is 18.0. The molecule has 0 radical (unpaired) electrons. The monoisotopic (exact) mass is 720 g/mol. The van der Waals surface area contributed by atoms with Crippen LogP contribution >= 0.6 is 0 Å². The van der Waals surface area contributed by atoms with Crippen LogP contribution < -0.4 is 0 Å². The minimum Gasteiger partial charge on any atom is -0.392 e. The normalized spacial score (nSPS) is 49.7. The maximum atomic E-state index is 14.4. The van der Waals surface area contributed by atoms with Crippen LogP contribution in [0.3, 0.4) is 0 Å². The Morgan fingerprint density at radius 1 is 0.902 bits per heavy atom. The molecule has 5 saturated heterocycles. The Labute approximate surface area is 306 Å². The third-order valence-corrected chi connectivity index (χ3v) is 14.9. The van der Waals surface area contributed by atoms with E-state index >= 15 is 0 Å². The molecule has 0 unspecified atom stereocenters. The van der Waals surface area contributed by atoms with Gasteiger partial charge in [-0.15, -0.1) is 0 Å². The van der Waals surface area contributed by atoms with Crippen molar-refractivity contribution in [3.05, 3.63) is 12.2 Å². The smallest absolute Gasteiger partial charge is 0.196 e. The van der Waals surface area contributed by atoms with Crippen LogP contribution in [0.5, 0.6) is 0 Å². The van der Waals surface area contributed by atoms with E-state index in [4.69, 9.17) is 23.7 Å². The summed E-state index contributed by atoms with van der Waals surface area (Å²) in [7, 11) is 0. The highest BCUT2D eigenvalue weighted by atomic mass is 16.8. The first kappa shape index (κ1) is 39.7. The van der Waals surface area contributed by atoms with Crippen molar-refractivity contribution in [2.45, 2.75) is 192 Å². The topological polar surface area (TPSA) is 144 Å². The van der Waals surface area contributed by atoms with Gasteiger partial charge in [-0.3, -0.25) is 4.79 Å². The largest absolute Gasteiger partial charge is 0.392 e. The lowest BCUT2D eigenvalue weighted by Gasteiger charge is -2.56. The second kappa shape index (κ2) is 14.3. The lowest BCUT2D eigenvalue weighted by molar-refractivity contribution is -0.441. The van der Waals surface area contributed by atoms with Crippen molar-refractivity contribution in [1.82, 2.24) is 0 Å². The van der Waals surface area contributed by atoms with Gasteiger partial charge in [-0.2, -0.15) is 0 Å². The molecule has 5 fully saturated rings. The number of rotatable bonds is 11. The fourth-order valence-electron chi connectivity index (χ4n) is 10.8. The van der Waals surface area contributed by atoms with Gasteiger partial charge in [0, 0.05) is 36.0 Å². The maximum absolute atomic E-state index is 14.4. The van der Waals surface area contributed by atoms with Crippen LogP contribution in [0, 0.1) is 47.3 Å². The Kier molecular flexibility index (Phi) is 11.1. The van der Waals surface area contributed by atoms with E-state index in [9.17, 15) is 25.2 Å². The minimum absolute atomic E-state index is 0.0718. The molecule has 0 aliphatic carbocycles. The Hall–Kier alpha value is -0.950. The second-order valence-corrected chi connectivity index (χ2v) is 17.9. The van der Waals surface area contributed by atoms with E-state index in [-0.39, 0.29) is 53.7 Å². The molecule has 0 amide bonds. The average molecular weight is 721 g/mol. The Morgan fingerprint density at radius 2 is 1.63 bits per heavy atom. The number of ether oxygens (including phenoxy) is 5. The molecule has 0 saturated carbocycles. The predicted octanol–water partition coefficient (Wildman–Crippen LogP) is 6.01. The molecule has 2 spiro atoms. The van der Waals surface area contributed by atoms with Gasteiger partial charge in [-0.25, -0.2) is 0 Å². The Bertz CT molecular complexity index is 1290. The number of aliphatic hydroxyl groups excluding tert-OH is 2. The Balaban J connectivity index is 1.19. The molecular weight excluding hydrogens is 652 g/mol. The number of hydrogen-bond acceptors (Lipinski definition) is 10. The zero-order valence-corrected chi connectivity index (χ0v) is 32.7. The summed E-state index contributed by atoms with van der Waals surface area (Å²) >= 11 is 0. The molecule has 51 heavy (non-hydrogen) atoms. The van der Waals surface area contributed by atoms with Crippen LogP contribution in [0.15, 0.2) is 12.2 Å². The van der Waals surface area contributed by atoms with Crippen molar-refractivity contribution < 1.29 is 48.9 Å². The molecule has 0 aromatic rings. The quantitative estimate of drug-likeness (QED) is 0.187. The second-order valence-electron chi connectivity index (χ2n) is 17.9. The summed E-state index contributed by atoms with van der Waals surface area (Å²) in [5.74, 6) is -6.16. The van der Waals surface area contributed by atoms with Gasteiger partial charge < -0.3 is 44.1 Å². The van der Waals surface area contributed by atoms with Crippen LogP contribution in [0.25, 0.3) is 0 Å². The lowest BCUT2D eigenvalue weighted by atomic mass is 9.69. The highest BCUT2D eigenvalue weighted by Gasteiger charge is 2.71. The predicted molar refractivity (Wildman–Crippen MR) is 191 cm³/mol. The van der Waals surface area contributed by atoms with Crippen LogP contribution in [0.2, 0.25) is 0 Å². The van der Waals surface area contributed by atoms with Gasteiger partial charge in [0.15, 0.2) is 23.7 Å². The van der Waals surface area contributed by atoms with Crippen molar-refractivity contribution in [3.8, 4) is 0 Å². The van der Waals surface area contributed by atoms with Crippen molar-refractivity contribution in [3.63, 3.8) is 0 Å². The van der Waals surface area contributed by atoms with Crippen LogP contribution in [0.1, 0.15) is 133 Å². The zero-order chi connectivity index (χ0) is 37.3. The average Bonchev–Trinajstić information content (AvgIpc) is 3.64. The van der Waals surface area contributed by atoms with Gasteiger partial charge in [0.2, 0.25) is 0 Å². The van der Waals surface area contributed by atoms with Crippen molar-refractivity contribution in [2.75, 3.05) is 0 Å². The third-order valence-electron chi connectivity index (χ3n) is 14.9. The summed E-state index contributed by atoms with van der Waals surface area (Å²) in [5, 5.41) is 45.9. The van der Waals surface area contributed by atoms with E-state index in [0.717, 1.165) is 19.3 Å². The fourth-order valence-corrected chi connectivity index (χ4v) is 10.8. The number of hydrogen-bond donors (Lipinski definition) is 4. The molecule has 4 N–H and O–H groups in total. The van der Waals surface area contributed by atoms with Crippen LogP contribution in [-0.2, 0) is 28.5 Å². The fraction of sp³-hybridized carbons (Fsp3) is 0.927. The summed E-state index contributed by atoms with van der Waals surface area (Å²) in [4.78, 5) is 14.4. The zero-order valence-electron chi connectivity index (χ0n) is 32.7. The van der Waals surface area contributed by atoms with E-state index in [0.29, 0.717) is 57.3 Å². The molecule has 6 aliphatic rings. The van der Waals surface area contributed by atoms with Gasteiger partial charge in [-0.05, 0) is 75.7 Å². The van der Waals surface area contributed by atoms with Crippen LogP contribution in [-0.4, -0.2) is 85.5 Å². The van der Waals surface area contributed by atoms with Crippen molar-refractivity contribution in [2.24, 2.45) is 47.3 Å². The van der Waals surface area contributed by atoms with E-state index in [1.165, 1.54) is 0 Å². The molecule has 10 heteroatoms. The molecule has 2 bridgehead atoms. The summed E-state index contributed by atoms with van der Waals surface area (Å²) in [5.41, 5.74) is -1.94. The first-order valence-corrected chi connectivity index (χ1v) is 20.4. The molecule has 0 aromatic heterocycles. The van der Waals surface area contributed by atoms with Gasteiger partial charge in [0.25, 0.3) is 0 Å². The van der Waals surface area contributed by atoms with Crippen LogP contribution in [0.4, 0.5) is 0 Å². The van der Waals surface area contributed by atoms with Crippen molar-refractivity contribution in [1.29, 1.82) is 0 Å². The van der Waals surface area contributed by atoms with Gasteiger partial charge in [-0.1, -0.05) is 74.8 Å². The molecule has 18 atom stereocenters. The van der Waals surface area contributed by atoms with Gasteiger partial charge in [0.05, 0.1) is 35.9 Å². The number of aliphatic hydroxyl groups is 4. The highest BCUT2D eigenvalue weighted by molar-refractivity contribution is 5.84. The lowest BCUT2D eigenvalue weighted by Crippen LogP contribution is -2.65.